The average molecular weight is 216 g/mol. The van der Waals surface area contributed by atoms with Gasteiger partial charge in [-0.3, -0.25) is 0 Å². The molecule has 0 saturated heterocycles. The third-order valence-electron chi connectivity index (χ3n) is 2.16. The van der Waals surface area contributed by atoms with E-state index in [4.69, 9.17) is 5.26 Å². The second kappa shape index (κ2) is 4.75. The molecule has 0 bridgehead atoms. The Bertz CT molecular complexity index is 412. The number of hydrogen-bond donors (Lipinski definition) is 0. The van der Waals surface area contributed by atoms with Crippen LogP contribution in [0.4, 0.5) is 5.82 Å². The molecule has 1 heterocycles. The Labute approximate surface area is 96.3 Å². The first-order chi connectivity index (χ1) is 7.50. The predicted molar refractivity (Wildman–Crippen MR) is 64.0 cm³/mol. The fourth-order valence-electron chi connectivity index (χ4n) is 1.41. The Morgan fingerprint density at radius 3 is 2.56 bits per heavy atom. The molecule has 84 valence electrons. The lowest BCUT2D eigenvalue weighted by Gasteiger charge is -2.35. The Morgan fingerprint density at radius 2 is 2.06 bits per heavy atom. The van der Waals surface area contributed by atoms with Crippen molar-refractivity contribution in [1.82, 2.24) is 9.97 Å². The fraction of sp³-hybridized carbons (Fsp3) is 0.417. The standard InChI is InChI=1S/C12H16N4/c1-5-8-16(12(2,3)4)11-10(9-13)14-6-7-15-11/h5-7H,1,8H2,2-4H3. The van der Waals surface area contributed by atoms with Gasteiger partial charge in [0.05, 0.1) is 0 Å². The van der Waals surface area contributed by atoms with Gasteiger partial charge in [0.15, 0.2) is 11.5 Å². The molecule has 0 atom stereocenters. The normalized spacial score (nSPS) is 10.6. The number of nitrogens with zero attached hydrogens (tertiary/aromatic N) is 4. The van der Waals surface area contributed by atoms with Gasteiger partial charge < -0.3 is 4.90 Å². The largest absolute Gasteiger partial charge is 0.346 e. The van der Waals surface area contributed by atoms with Crippen molar-refractivity contribution >= 4 is 5.82 Å². The Hall–Kier alpha value is -1.89. The van der Waals surface area contributed by atoms with Crippen molar-refractivity contribution in [1.29, 1.82) is 5.26 Å². The Morgan fingerprint density at radius 1 is 1.44 bits per heavy atom. The number of aromatic nitrogens is 2. The summed E-state index contributed by atoms with van der Waals surface area (Å²) in [5.74, 6) is 0.609. The third-order valence-corrected chi connectivity index (χ3v) is 2.16. The summed E-state index contributed by atoms with van der Waals surface area (Å²) in [5, 5.41) is 9.00. The summed E-state index contributed by atoms with van der Waals surface area (Å²) in [6, 6.07) is 2.06. The molecule has 0 unspecified atom stereocenters. The lowest BCUT2D eigenvalue weighted by atomic mass is 10.1. The molecule has 16 heavy (non-hydrogen) atoms. The molecule has 1 aromatic heterocycles. The summed E-state index contributed by atoms with van der Waals surface area (Å²) < 4.78 is 0. The number of hydrogen-bond acceptors (Lipinski definition) is 4. The van der Waals surface area contributed by atoms with Crippen LogP contribution < -0.4 is 4.90 Å². The average Bonchev–Trinajstić information content (AvgIpc) is 2.24. The third kappa shape index (κ3) is 2.57. The minimum atomic E-state index is -0.129. The quantitative estimate of drug-likeness (QED) is 0.726. The van der Waals surface area contributed by atoms with E-state index < -0.39 is 0 Å². The van der Waals surface area contributed by atoms with E-state index in [1.54, 1.807) is 12.3 Å². The molecular formula is C12H16N4. The van der Waals surface area contributed by atoms with Crippen molar-refractivity contribution in [3.05, 3.63) is 30.7 Å². The van der Waals surface area contributed by atoms with Crippen LogP contribution in [0, 0.1) is 11.3 Å². The highest BCUT2D eigenvalue weighted by Crippen LogP contribution is 2.23. The summed E-state index contributed by atoms with van der Waals surface area (Å²) >= 11 is 0. The minimum absolute atomic E-state index is 0.129. The highest BCUT2D eigenvalue weighted by atomic mass is 15.2. The molecule has 0 fully saturated rings. The van der Waals surface area contributed by atoms with Gasteiger partial charge in [0, 0.05) is 24.5 Å². The number of nitriles is 1. The SMILES string of the molecule is C=CCN(c1nccnc1C#N)C(C)(C)C. The molecule has 0 N–H and O–H groups in total. The second-order valence-corrected chi connectivity index (χ2v) is 4.41. The van der Waals surface area contributed by atoms with E-state index in [9.17, 15) is 0 Å². The van der Waals surface area contributed by atoms with Crippen molar-refractivity contribution < 1.29 is 0 Å². The molecule has 0 amide bonds. The molecule has 0 aromatic carbocycles. The summed E-state index contributed by atoms with van der Waals surface area (Å²) in [6.07, 6.45) is 4.91. The molecule has 0 spiro atoms. The second-order valence-electron chi connectivity index (χ2n) is 4.41. The van der Waals surface area contributed by atoms with Gasteiger partial charge in [-0.15, -0.1) is 6.58 Å². The molecule has 1 aromatic rings. The van der Waals surface area contributed by atoms with Gasteiger partial charge in [0.2, 0.25) is 0 Å². The van der Waals surface area contributed by atoms with Crippen LogP contribution in [0.15, 0.2) is 25.0 Å². The van der Waals surface area contributed by atoms with Gasteiger partial charge in [-0.05, 0) is 20.8 Å². The molecule has 0 aliphatic heterocycles. The van der Waals surface area contributed by atoms with Crippen molar-refractivity contribution in [2.75, 3.05) is 11.4 Å². The summed E-state index contributed by atoms with van der Waals surface area (Å²) in [7, 11) is 0. The summed E-state index contributed by atoms with van der Waals surface area (Å²) in [5.41, 5.74) is 0.217. The van der Waals surface area contributed by atoms with Gasteiger partial charge in [-0.25, -0.2) is 9.97 Å². The van der Waals surface area contributed by atoms with E-state index in [1.807, 2.05) is 4.90 Å². The van der Waals surface area contributed by atoms with Gasteiger partial charge in [0.25, 0.3) is 0 Å². The molecule has 0 aliphatic rings. The highest BCUT2D eigenvalue weighted by Gasteiger charge is 2.24. The molecular weight excluding hydrogens is 200 g/mol. The fourth-order valence-corrected chi connectivity index (χ4v) is 1.41. The van der Waals surface area contributed by atoms with E-state index in [0.29, 0.717) is 18.1 Å². The van der Waals surface area contributed by atoms with Crippen LogP contribution in [0.1, 0.15) is 26.5 Å². The smallest absolute Gasteiger partial charge is 0.183 e. The Balaban J connectivity index is 3.21. The maximum Gasteiger partial charge on any atom is 0.183 e. The first kappa shape index (κ1) is 12.2. The van der Waals surface area contributed by atoms with Crippen LogP contribution >= 0.6 is 0 Å². The first-order valence-corrected chi connectivity index (χ1v) is 5.10. The predicted octanol–water partition coefficient (Wildman–Crippen LogP) is 2.14. The van der Waals surface area contributed by atoms with Crippen LogP contribution in [0.5, 0.6) is 0 Å². The van der Waals surface area contributed by atoms with Crippen LogP contribution in [0.25, 0.3) is 0 Å². The highest BCUT2D eigenvalue weighted by molar-refractivity contribution is 5.51. The summed E-state index contributed by atoms with van der Waals surface area (Å²) in [4.78, 5) is 10.2. The lowest BCUT2D eigenvalue weighted by Crippen LogP contribution is -2.42. The first-order valence-electron chi connectivity index (χ1n) is 5.10. The van der Waals surface area contributed by atoms with Crippen LogP contribution in [0.2, 0.25) is 0 Å². The molecule has 4 heteroatoms. The molecule has 0 radical (unpaired) electrons. The van der Waals surface area contributed by atoms with E-state index >= 15 is 0 Å². The zero-order valence-corrected chi connectivity index (χ0v) is 9.94. The summed E-state index contributed by atoms with van der Waals surface area (Å²) in [6.45, 7) is 10.5. The van der Waals surface area contributed by atoms with Crippen LogP contribution in [0.3, 0.4) is 0 Å². The maximum atomic E-state index is 9.00. The molecule has 4 nitrogen and oxygen atoms in total. The van der Waals surface area contributed by atoms with Gasteiger partial charge in [0.1, 0.15) is 6.07 Å². The molecule has 0 saturated carbocycles. The maximum absolute atomic E-state index is 9.00. The van der Waals surface area contributed by atoms with Crippen LogP contribution in [-0.2, 0) is 0 Å². The Kier molecular flexibility index (Phi) is 3.62. The van der Waals surface area contributed by atoms with Gasteiger partial charge >= 0.3 is 0 Å². The zero-order chi connectivity index (χ0) is 12.2. The van der Waals surface area contributed by atoms with E-state index in [1.165, 1.54) is 6.20 Å². The minimum Gasteiger partial charge on any atom is -0.346 e. The van der Waals surface area contributed by atoms with Crippen molar-refractivity contribution in [3.63, 3.8) is 0 Å². The number of anilines is 1. The number of rotatable bonds is 3. The van der Waals surface area contributed by atoms with Gasteiger partial charge in [-0.1, -0.05) is 6.08 Å². The van der Waals surface area contributed by atoms with Crippen LogP contribution in [-0.4, -0.2) is 22.1 Å². The van der Waals surface area contributed by atoms with E-state index in [2.05, 4.69) is 43.4 Å². The van der Waals surface area contributed by atoms with E-state index in [-0.39, 0.29) is 5.54 Å². The molecule has 0 aliphatic carbocycles. The topological polar surface area (TPSA) is 52.8 Å². The van der Waals surface area contributed by atoms with Crippen molar-refractivity contribution in [2.24, 2.45) is 0 Å². The monoisotopic (exact) mass is 216 g/mol. The van der Waals surface area contributed by atoms with Crippen molar-refractivity contribution in [2.45, 2.75) is 26.3 Å². The van der Waals surface area contributed by atoms with Crippen molar-refractivity contribution in [3.8, 4) is 6.07 Å². The lowest BCUT2D eigenvalue weighted by molar-refractivity contribution is 0.516. The zero-order valence-electron chi connectivity index (χ0n) is 9.94. The molecule has 1 rings (SSSR count). The van der Waals surface area contributed by atoms with E-state index in [0.717, 1.165) is 0 Å². The van der Waals surface area contributed by atoms with Gasteiger partial charge in [-0.2, -0.15) is 5.26 Å².